The third-order valence-corrected chi connectivity index (χ3v) is 3.11. The van der Waals surface area contributed by atoms with Crippen LogP contribution in [0.2, 0.25) is 0 Å². The molecule has 2 rings (SSSR count). The molecule has 0 aromatic heterocycles. The van der Waals surface area contributed by atoms with E-state index in [0.717, 1.165) is 13.0 Å². The largest absolute Gasteiger partial charge is 0.384 e. The third kappa shape index (κ3) is 1.50. The summed E-state index contributed by atoms with van der Waals surface area (Å²) < 4.78 is 0. The Morgan fingerprint density at radius 1 is 1.43 bits per heavy atom. The van der Waals surface area contributed by atoms with Crippen LogP contribution in [0.15, 0.2) is 18.2 Å². The lowest BCUT2D eigenvalue weighted by molar-refractivity contribution is 0.539. The van der Waals surface area contributed by atoms with Gasteiger partial charge < -0.3 is 11.1 Å². The van der Waals surface area contributed by atoms with Gasteiger partial charge in [-0.15, -0.1) is 0 Å². The summed E-state index contributed by atoms with van der Waals surface area (Å²) in [4.78, 5) is 0. The van der Waals surface area contributed by atoms with Crippen LogP contribution in [0.5, 0.6) is 0 Å². The Kier molecular flexibility index (Phi) is 2.23. The number of benzene rings is 1. The van der Waals surface area contributed by atoms with Crippen LogP contribution in [-0.2, 0) is 11.8 Å². The van der Waals surface area contributed by atoms with Crippen molar-refractivity contribution in [2.24, 2.45) is 5.73 Å². The Balaban J connectivity index is 2.38. The lowest BCUT2D eigenvalue weighted by Gasteiger charge is -2.23. The van der Waals surface area contributed by atoms with Gasteiger partial charge >= 0.3 is 0 Å². The van der Waals surface area contributed by atoms with Gasteiger partial charge in [0.2, 0.25) is 0 Å². The van der Waals surface area contributed by atoms with Crippen molar-refractivity contribution in [3.05, 3.63) is 29.3 Å². The lowest BCUT2D eigenvalue weighted by Crippen LogP contribution is -2.28. The summed E-state index contributed by atoms with van der Waals surface area (Å²) >= 11 is 0. The van der Waals surface area contributed by atoms with Crippen LogP contribution in [0.1, 0.15) is 25.0 Å². The van der Waals surface area contributed by atoms with Crippen LogP contribution in [0.25, 0.3) is 0 Å². The highest BCUT2D eigenvalue weighted by Crippen LogP contribution is 2.29. The van der Waals surface area contributed by atoms with Gasteiger partial charge in [0.15, 0.2) is 0 Å². The molecule has 0 saturated carbocycles. The van der Waals surface area contributed by atoms with Crippen molar-refractivity contribution in [2.75, 3.05) is 18.4 Å². The molecule has 0 amide bonds. The first-order valence-corrected chi connectivity index (χ1v) is 5.21. The van der Waals surface area contributed by atoms with Gasteiger partial charge in [-0.2, -0.15) is 0 Å². The van der Waals surface area contributed by atoms with Crippen LogP contribution >= 0.6 is 0 Å². The van der Waals surface area contributed by atoms with E-state index in [2.05, 4.69) is 37.4 Å². The maximum Gasteiger partial charge on any atom is 0.0373 e. The summed E-state index contributed by atoms with van der Waals surface area (Å²) in [6.45, 7) is 6.15. The molecule has 1 aromatic carbocycles. The molecule has 0 radical (unpaired) electrons. The molecular weight excluding hydrogens is 172 g/mol. The normalized spacial score (nSPS) is 15.1. The van der Waals surface area contributed by atoms with Crippen molar-refractivity contribution >= 4 is 5.69 Å². The van der Waals surface area contributed by atoms with E-state index >= 15 is 0 Å². The van der Waals surface area contributed by atoms with Crippen molar-refractivity contribution in [1.29, 1.82) is 0 Å². The van der Waals surface area contributed by atoms with Crippen molar-refractivity contribution in [3.8, 4) is 0 Å². The minimum Gasteiger partial charge on any atom is -0.384 e. The zero-order chi connectivity index (χ0) is 10.2. The van der Waals surface area contributed by atoms with E-state index in [9.17, 15) is 0 Å². The molecule has 0 atom stereocenters. The third-order valence-electron chi connectivity index (χ3n) is 3.11. The van der Waals surface area contributed by atoms with E-state index in [1.165, 1.54) is 16.8 Å². The first-order chi connectivity index (χ1) is 6.63. The molecule has 0 unspecified atom stereocenters. The Bertz CT molecular complexity index is 342. The number of hydrogen-bond acceptors (Lipinski definition) is 2. The Labute approximate surface area is 85.5 Å². The van der Waals surface area contributed by atoms with Gasteiger partial charge in [0, 0.05) is 24.2 Å². The molecule has 14 heavy (non-hydrogen) atoms. The average molecular weight is 190 g/mol. The predicted octanol–water partition coefficient (Wildman–Crippen LogP) is 1.89. The second-order valence-electron chi connectivity index (χ2n) is 4.64. The van der Waals surface area contributed by atoms with Gasteiger partial charge in [0.1, 0.15) is 0 Å². The molecule has 0 saturated heterocycles. The quantitative estimate of drug-likeness (QED) is 0.747. The molecule has 1 aliphatic rings. The van der Waals surface area contributed by atoms with E-state index in [1.807, 2.05) is 0 Å². The predicted molar refractivity (Wildman–Crippen MR) is 60.7 cm³/mol. The number of nitrogens with two attached hydrogens (primary N) is 1. The Morgan fingerprint density at radius 3 is 2.93 bits per heavy atom. The Morgan fingerprint density at radius 2 is 2.21 bits per heavy atom. The lowest BCUT2D eigenvalue weighted by atomic mass is 9.84. The average Bonchev–Trinajstić information content (AvgIpc) is 2.64. The van der Waals surface area contributed by atoms with Crippen LogP contribution in [0.4, 0.5) is 5.69 Å². The summed E-state index contributed by atoms with van der Waals surface area (Å²) in [6, 6.07) is 6.65. The summed E-state index contributed by atoms with van der Waals surface area (Å²) in [5.41, 5.74) is 9.94. The fraction of sp³-hybridized carbons (Fsp3) is 0.500. The zero-order valence-electron chi connectivity index (χ0n) is 8.93. The molecule has 3 N–H and O–H groups in total. The van der Waals surface area contributed by atoms with E-state index in [4.69, 9.17) is 5.73 Å². The topological polar surface area (TPSA) is 38.0 Å². The molecule has 76 valence electrons. The van der Waals surface area contributed by atoms with E-state index < -0.39 is 0 Å². The molecule has 1 heterocycles. The molecule has 0 fully saturated rings. The smallest absolute Gasteiger partial charge is 0.0373 e. The highest BCUT2D eigenvalue weighted by molar-refractivity contribution is 5.57. The number of hydrogen-bond donors (Lipinski definition) is 2. The van der Waals surface area contributed by atoms with Crippen LogP contribution in [0.3, 0.4) is 0 Å². The fourth-order valence-electron chi connectivity index (χ4n) is 1.84. The molecule has 1 aliphatic heterocycles. The van der Waals surface area contributed by atoms with Crippen LogP contribution in [-0.4, -0.2) is 13.1 Å². The fourth-order valence-corrected chi connectivity index (χ4v) is 1.84. The Hall–Kier alpha value is -1.02. The zero-order valence-corrected chi connectivity index (χ0v) is 8.93. The monoisotopic (exact) mass is 190 g/mol. The number of fused-ring (bicyclic) bond motifs is 1. The number of anilines is 1. The van der Waals surface area contributed by atoms with E-state index in [0.29, 0.717) is 6.54 Å². The van der Waals surface area contributed by atoms with Crippen molar-refractivity contribution in [1.82, 2.24) is 0 Å². The van der Waals surface area contributed by atoms with Gasteiger partial charge in [-0.1, -0.05) is 26.0 Å². The number of rotatable bonds is 2. The minimum absolute atomic E-state index is 0.0949. The van der Waals surface area contributed by atoms with Crippen LogP contribution < -0.4 is 11.1 Å². The van der Waals surface area contributed by atoms with Gasteiger partial charge in [-0.05, 0) is 23.6 Å². The first-order valence-electron chi connectivity index (χ1n) is 5.21. The summed E-state index contributed by atoms with van der Waals surface area (Å²) in [5.74, 6) is 0. The summed E-state index contributed by atoms with van der Waals surface area (Å²) in [7, 11) is 0. The minimum atomic E-state index is 0.0949. The highest BCUT2D eigenvalue weighted by atomic mass is 14.9. The molecule has 1 aromatic rings. The van der Waals surface area contributed by atoms with Crippen LogP contribution in [0, 0.1) is 0 Å². The molecule has 2 nitrogen and oxygen atoms in total. The maximum atomic E-state index is 5.77. The van der Waals surface area contributed by atoms with Crippen molar-refractivity contribution in [2.45, 2.75) is 25.7 Å². The molecule has 0 spiro atoms. The molecule has 0 bridgehead atoms. The first kappa shape index (κ1) is 9.53. The van der Waals surface area contributed by atoms with Gasteiger partial charge in [-0.3, -0.25) is 0 Å². The molecule has 0 aliphatic carbocycles. The SMILES string of the molecule is CC(C)(CN)c1ccc2c(c1)CCN2. The number of nitrogens with one attached hydrogen (secondary N) is 1. The van der Waals surface area contributed by atoms with Gasteiger partial charge in [0.05, 0.1) is 0 Å². The van der Waals surface area contributed by atoms with Gasteiger partial charge in [-0.25, -0.2) is 0 Å². The standard InChI is InChI=1S/C12H18N2/c1-12(2,8-13)10-3-4-11-9(7-10)5-6-14-11/h3-4,7,14H,5-6,8,13H2,1-2H3. The summed E-state index contributed by atoms with van der Waals surface area (Å²) in [6.07, 6.45) is 1.14. The molecule has 2 heteroatoms. The van der Waals surface area contributed by atoms with Gasteiger partial charge in [0.25, 0.3) is 0 Å². The molecular formula is C12H18N2. The van der Waals surface area contributed by atoms with Crippen molar-refractivity contribution in [3.63, 3.8) is 0 Å². The second kappa shape index (κ2) is 3.28. The highest BCUT2D eigenvalue weighted by Gasteiger charge is 2.20. The summed E-state index contributed by atoms with van der Waals surface area (Å²) in [5, 5.41) is 3.37. The van der Waals surface area contributed by atoms with E-state index in [-0.39, 0.29) is 5.41 Å². The second-order valence-corrected chi connectivity index (χ2v) is 4.64. The van der Waals surface area contributed by atoms with Crippen molar-refractivity contribution < 1.29 is 0 Å². The maximum absolute atomic E-state index is 5.77. The van der Waals surface area contributed by atoms with E-state index in [1.54, 1.807) is 0 Å².